The van der Waals surface area contributed by atoms with Gasteiger partial charge in [-0.2, -0.15) is 5.10 Å². The van der Waals surface area contributed by atoms with E-state index >= 15 is 0 Å². The summed E-state index contributed by atoms with van der Waals surface area (Å²) >= 11 is 3.99. The molecular formula is C25H19ClFN5O3S. The summed E-state index contributed by atoms with van der Waals surface area (Å²) in [5.74, 6) is -0.920. The van der Waals surface area contributed by atoms with E-state index in [0.717, 1.165) is 28.4 Å². The highest BCUT2D eigenvalue weighted by atomic mass is 35.5. The fourth-order valence-electron chi connectivity index (χ4n) is 4.08. The third kappa shape index (κ3) is 5.25. The van der Waals surface area contributed by atoms with Crippen LogP contribution < -0.4 is 5.32 Å². The molecule has 1 amide bonds. The van der Waals surface area contributed by atoms with E-state index < -0.39 is 16.9 Å². The highest BCUT2D eigenvalue weighted by molar-refractivity contribution is 7.78. The van der Waals surface area contributed by atoms with Crippen LogP contribution in [0, 0.1) is 5.82 Å². The zero-order valence-electron chi connectivity index (χ0n) is 18.7. The molecule has 1 unspecified atom stereocenters. The molecule has 0 aliphatic heterocycles. The summed E-state index contributed by atoms with van der Waals surface area (Å²) in [6.07, 6.45) is 2.96. The molecule has 5 aromatic rings. The fourth-order valence-corrected chi connectivity index (χ4v) is 4.74. The third-order valence-electron chi connectivity index (χ3n) is 5.65. The van der Waals surface area contributed by atoms with Crippen molar-refractivity contribution in [2.24, 2.45) is 0 Å². The van der Waals surface area contributed by atoms with Crippen molar-refractivity contribution in [1.29, 1.82) is 0 Å². The molecular weight excluding hydrogens is 505 g/mol. The van der Waals surface area contributed by atoms with Crippen molar-refractivity contribution in [1.82, 2.24) is 25.5 Å². The van der Waals surface area contributed by atoms with Crippen molar-refractivity contribution >= 4 is 50.4 Å². The first-order valence-electron chi connectivity index (χ1n) is 10.9. The first kappa shape index (κ1) is 24.0. The van der Waals surface area contributed by atoms with Crippen LogP contribution in [-0.2, 0) is 29.8 Å². The smallest absolute Gasteiger partial charge is 0.251 e. The summed E-state index contributed by atoms with van der Waals surface area (Å²) in [5.41, 5.74) is 4.28. The van der Waals surface area contributed by atoms with Gasteiger partial charge in [0.1, 0.15) is 5.82 Å². The van der Waals surface area contributed by atoms with Crippen LogP contribution in [0.15, 0.2) is 60.9 Å². The number of pyridine rings is 2. The van der Waals surface area contributed by atoms with Crippen molar-refractivity contribution in [2.75, 3.05) is 0 Å². The Labute approximate surface area is 212 Å². The van der Waals surface area contributed by atoms with Gasteiger partial charge in [0.25, 0.3) is 5.91 Å². The van der Waals surface area contributed by atoms with E-state index in [0.29, 0.717) is 39.2 Å². The van der Waals surface area contributed by atoms with E-state index in [1.54, 1.807) is 48.7 Å². The monoisotopic (exact) mass is 523 g/mol. The van der Waals surface area contributed by atoms with Gasteiger partial charge in [-0.15, -0.1) is 0 Å². The number of hydrogen-bond acceptors (Lipinski definition) is 5. The summed E-state index contributed by atoms with van der Waals surface area (Å²) < 4.78 is 34.6. The van der Waals surface area contributed by atoms with Crippen LogP contribution in [0.5, 0.6) is 0 Å². The van der Waals surface area contributed by atoms with Gasteiger partial charge in [-0.3, -0.25) is 19.9 Å². The first-order chi connectivity index (χ1) is 17.4. The lowest BCUT2D eigenvalue weighted by molar-refractivity contribution is 0.0950. The molecule has 182 valence electrons. The molecule has 0 saturated carbocycles. The maximum absolute atomic E-state index is 13.8. The van der Waals surface area contributed by atoms with Crippen molar-refractivity contribution in [3.05, 3.63) is 99.8 Å². The van der Waals surface area contributed by atoms with Crippen molar-refractivity contribution in [3.63, 3.8) is 0 Å². The van der Waals surface area contributed by atoms with Gasteiger partial charge in [0.15, 0.2) is 11.1 Å². The van der Waals surface area contributed by atoms with E-state index in [2.05, 4.69) is 25.5 Å². The second-order valence-corrected chi connectivity index (χ2v) is 9.57. The van der Waals surface area contributed by atoms with E-state index in [9.17, 15) is 17.9 Å². The average Bonchev–Trinajstić information content (AvgIpc) is 3.24. The molecule has 0 saturated heterocycles. The highest BCUT2D eigenvalue weighted by Gasteiger charge is 2.13. The molecule has 1 atom stereocenters. The summed E-state index contributed by atoms with van der Waals surface area (Å²) in [6, 6.07) is 13.5. The predicted octanol–water partition coefficient (Wildman–Crippen LogP) is 4.54. The molecule has 3 aromatic heterocycles. The molecule has 5 rings (SSSR count). The normalized spacial score (nSPS) is 12.2. The molecule has 2 aromatic carbocycles. The molecule has 0 bridgehead atoms. The number of nitrogens with one attached hydrogen (secondary N) is 2. The van der Waals surface area contributed by atoms with Crippen LogP contribution >= 0.6 is 11.6 Å². The lowest BCUT2D eigenvalue weighted by Gasteiger charge is -2.10. The number of fused-ring (bicyclic) bond motifs is 2. The Morgan fingerprint density at radius 3 is 2.83 bits per heavy atom. The summed E-state index contributed by atoms with van der Waals surface area (Å²) in [4.78, 5) is 21.3. The summed E-state index contributed by atoms with van der Waals surface area (Å²) in [7, 11) is 0. The average molecular weight is 524 g/mol. The molecule has 3 heterocycles. The van der Waals surface area contributed by atoms with Gasteiger partial charge < -0.3 is 9.87 Å². The SMILES string of the molecule is O=C(NCc1[nH]nc2ccc(Cl)cc12)c1ccnc(Cc2cc(CS(=O)O)c3ncc(F)cc3c2)c1. The van der Waals surface area contributed by atoms with Gasteiger partial charge in [0, 0.05) is 39.7 Å². The molecule has 36 heavy (non-hydrogen) atoms. The Balaban J connectivity index is 1.35. The molecule has 0 aliphatic carbocycles. The van der Waals surface area contributed by atoms with Crippen LogP contribution in [-0.4, -0.2) is 34.8 Å². The summed E-state index contributed by atoms with van der Waals surface area (Å²) in [5, 5.41) is 11.9. The minimum atomic E-state index is -2.08. The van der Waals surface area contributed by atoms with Gasteiger partial charge in [0.2, 0.25) is 0 Å². The minimum absolute atomic E-state index is 0.133. The molecule has 8 nitrogen and oxygen atoms in total. The molecule has 0 aliphatic rings. The predicted molar refractivity (Wildman–Crippen MR) is 135 cm³/mol. The standard InChI is InChI=1S/C25H19ClFN5O3S/c26-18-1-2-22-21(10-18)23(32-31-22)12-30-25(33)15-3-4-28-20(9-15)7-14-5-16-8-19(27)11-29-24(16)17(6-14)13-36(34)35/h1-6,8-11H,7,12-13H2,(H,30,33)(H,31,32)(H,34,35). The number of halogens is 2. The zero-order valence-corrected chi connectivity index (χ0v) is 20.2. The maximum Gasteiger partial charge on any atom is 0.251 e. The second kappa shape index (κ2) is 10.1. The highest BCUT2D eigenvalue weighted by Crippen LogP contribution is 2.24. The molecule has 0 fully saturated rings. The Hall–Kier alpha value is -3.73. The number of aromatic nitrogens is 4. The third-order valence-corrected chi connectivity index (χ3v) is 6.45. The number of carbonyl (C=O) groups excluding carboxylic acids is 1. The van der Waals surface area contributed by atoms with Gasteiger partial charge in [-0.1, -0.05) is 17.7 Å². The Morgan fingerprint density at radius 2 is 2.00 bits per heavy atom. The topological polar surface area (TPSA) is 121 Å². The fraction of sp³-hybridized carbons (Fsp3) is 0.120. The second-order valence-electron chi connectivity index (χ2n) is 8.20. The number of rotatable bonds is 7. The first-order valence-corrected chi connectivity index (χ1v) is 12.5. The van der Waals surface area contributed by atoms with E-state index in [4.69, 9.17) is 11.6 Å². The number of hydrogen-bond donors (Lipinski definition) is 3. The van der Waals surface area contributed by atoms with Gasteiger partial charge >= 0.3 is 0 Å². The van der Waals surface area contributed by atoms with Gasteiger partial charge in [0.05, 0.1) is 35.2 Å². The lowest BCUT2D eigenvalue weighted by atomic mass is 10.0. The van der Waals surface area contributed by atoms with Crippen molar-refractivity contribution in [3.8, 4) is 0 Å². The van der Waals surface area contributed by atoms with Gasteiger partial charge in [-0.25, -0.2) is 8.60 Å². The van der Waals surface area contributed by atoms with Crippen molar-refractivity contribution in [2.45, 2.75) is 18.7 Å². The van der Waals surface area contributed by atoms with Crippen LogP contribution in [0.4, 0.5) is 4.39 Å². The largest absolute Gasteiger partial charge is 0.346 e. The van der Waals surface area contributed by atoms with E-state index in [1.807, 2.05) is 0 Å². The van der Waals surface area contributed by atoms with Crippen LogP contribution in [0.2, 0.25) is 5.02 Å². The van der Waals surface area contributed by atoms with Gasteiger partial charge in [-0.05, 0) is 53.6 Å². The summed E-state index contributed by atoms with van der Waals surface area (Å²) in [6.45, 7) is 0.234. The Kier molecular flexibility index (Phi) is 6.73. The number of aromatic amines is 1. The number of carbonyl (C=O) groups is 1. The molecule has 3 N–H and O–H groups in total. The quantitative estimate of drug-likeness (QED) is 0.269. The number of amides is 1. The van der Waals surface area contributed by atoms with Crippen LogP contribution in [0.25, 0.3) is 21.8 Å². The van der Waals surface area contributed by atoms with E-state index in [-0.39, 0.29) is 18.2 Å². The Bertz CT molecular complexity index is 1640. The molecule has 0 radical (unpaired) electrons. The lowest BCUT2D eigenvalue weighted by Crippen LogP contribution is -2.23. The minimum Gasteiger partial charge on any atom is -0.346 e. The number of benzene rings is 2. The zero-order chi connectivity index (χ0) is 25.2. The van der Waals surface area contributed by atoms with E-state index in [1.165, 1.54) is 6.07 Å². The Morgan fingerprint density at radius 1 is 1.14 bits per heavy atom. The molecule has 11 heteroatoms. The van der Waals surface area contributed by atoms with Crippen molar-refractivity contribution < 1.29 is 17.9 Å². The number of nitrogens with zero attached hydrogens (tertiary/aromatic N) is 3. The van der Waals surface area contributed by atoms with Crippen LogP contribution in [0.1, 0.15) is 32.9 Å². The van der Waals surface area contributed by atoms with Crippen LogP contribution in [0.3, 0.4) is 0 Å². The maximum atomic E-state index is 13.8. The number of H-pyrrole nitrogens is 1. The molecule has 0 spiro atoms.